The van der Waals surface area contributed by atoms with E-state index in [4.69, 9.17) is 4.74 Å². The van der Waals surface area contributed by atoms with Gasteiger partial charge in [-0.1, -0.05) is 46.8 Å². The Labute approximate surface area is 101 Å². The highest BCUT2D eigenvalue weighted by molar-refractivity contribution is 5.33. The Hall–Kier alpha value is -0.980. The molecule has 0 spiro atoms. The molecule has 0 fully saturated rings. The highest BCUT2D eigenvalue weighted by Crippen LogP contribution is 2.32. The summed E-state index contributed by atoms with van der Waals surface area (Å²) in [6, 6.07) is 8.40. The summed E-state index contributed by atoms with van der Waals surface area (Å²) >= 11 is 0. The number of hydrogen-bond acceptors (Lipinski definition) is 1. The van der Waals surface area contributed by atoms with Gasteiger partial charge in [0.15, 0.2) is 0 Å². The van der Waals surface area contributed by atoms with E-state index in [0.29, 0.717) is 0 Å². The van der Waals surface area contributed by atoms with Crippen LogP contribution >= 0.6 is 0 Å². The Kier molecular flexibility index (Phi) is 6.87. The third kappa shape index (κ3) is 3.55. The summed E-state index contributed by atoms with van der Waals surface area (Å²) in [6.45, 7) is 10.8. The van der Waals surface area contributed by atoms with Gasteiger partial charge in [-0.05, 0) is 36.0 Å². The standard InChI is InChI=1S/C13H20O.C2H6/c1-5-13(3,6-2)11-8-7-9-12(10-11)14-4;1-2/h7-10H,5-6H2,1-4H3;1-2H3. The molecule has 0 aromatic heterocycles. The smallest absolute Gasteiger partial charge is 0.119 e. The molecule has 0 aliphatic rings. The molecular formula is C15H26O. The summed E-state index contributed by atoms with van der Waals surface area (Å²) < 4.78 is 5.24. The van der Waals surface area contributed by atoms with Gasteiger partial charge in [-0.25, -0.2) is 0 Å². The van der Waals surface area contributed by atoms with Crippen LogP contribution < -0.4 is 4.74 Å². The molecule has 16 heavy (non-hydrogen) atoms. The molecule has 0 unspecified atom stereocenters. The third-order valence-corrected chi connectivity index (χ3v) is 3.33. The maximum absolute atomic E-state index is 5.24. The lowest BCUT2D eigenvalue weighted by Gasteiger charge is -2.27. The first kappa shape index (κ1) is 15.0. The number of ether oxygens (including phenoxy) is 1. The summed E-state index contributed by atoms with van der Waals surface area (Å²) in [5, 5.41) is 0. The lowest BCUT2D eigenvalue weighted by Crippen LogP contribution is -2.19. The number of benzene rings is 1. The Morgan fingerprint density at radius 2 is 1.69 bits per heavy atom. The van der Waals surface area contributed by atoms with Crippen molar-refractivity contribution in [3.05, 3.63) is 29.8 Å². The van der Waals surface area contributed by atoms with Gasteiger partial charge >= 0.3 is 0 Å². The second-order valence-corrected chi connectivity index (χ2v) is 4.00. The van der Waals surface area contributed by atoms with E-state index in [0.717, 1.165) is 18.6 Å². The largest absolute Gasteiger partial charge is 0.497 e. The van der Waals surface area contributed by atoms with Crippen molar-refractivity contribution in [3.63, 3.8) is 0 Å². The predicted molar refractivity (Wildman–Crippen MR) is 72.3 cm³/mol. The Balaban J connectivity index is 0.00000106. The summed E-state index contributed by atoms with van der Waals surface area (Å²) in [4.78, 5) is 0. The Morgan fingerprint density at radius 1 is 1.12 bits per heavy atom. The van der Waals surface area contributed by atoms with Gasteiger partial charge in [0.05, 0.1) is 7.11 Å². The molecule has 0 aliphatic heterocycles. The highest BCUT2D eigenvalue weighted by atomic mass is 16.5. The molecule has 0 N–H and O–H groups in total. The number of methoxy groups -OCH3 is 1. The molecule has 0 heterocycles. The van der Waals surface area contributed by atoms with Gasteiger partial charge in [-0.3, -0.25) is 0 Å². The summed E-state index contributed by atoms with van der Waals surface area (Å²) in [7, 11) is 1.72. The van der Waals surface area contributed by atoms with E-state index in [2.05, 4.69) is 39.0 Å². The van der Waals surface area contributed by atoms with Crippen LogP contribution in [0.15, 0.2) is 24.3 Å². The fraction of sp³-hybridized carbons (Fsp3) is 0.600. The topological polar surface area (TPSA) is 9.23 Å². The Morgan fingerprint density at radius 3 is 2.12 bits per heavy atom. The van der Waals surface area contributed by atoms with Crippen molar-refractivity contribution in [1.82, 2.24) is 0 Å². The van der Waals surface area contributed by atoms with E-state index < -0.39 is 0 Å². The molecule has 1 aromatic rings. The van der Waals surface area contributed by atoms with Crippen molar-refractivity contribution < 1.29 is 4.74 Å². The quantitative estimate of drug-likeness (QED) is 0.711. The van der Waals surface area contributed by atoms with E-state index in [1.807, 2.05) is 19.9 Å². The van der Waals surface area contributed by atoms with E-state index in [1.165, 1.54) is 5.56 Å². The molecule has 1 aromatic carbocycles. The fourth-order valence-corrected chi connectivity index (χ4v) is 1.66. The summed E-state index contributed by atoms with van der Waals surface area (Å²) in [6.07, 6.45) is 2.33. The zero-order valence-corrected chi connectivity index (χ0v) is 11.6. The van der Waals surface area contributed by atoms with Crippen LogP contribution in [-0.2, 0) is 5.41 Å². The summed E-state index contributed by atoms with van der Waals surface area (Å²) in [5.74, 6) is 0.954. The molecule has 0 radical (unpaired) electrons. The van der Waals surface area contributed by atoms with Gasteiger partial charge < -0.3 is 4.74 Å². The zero-order valence-electron chi connectivity index (χ0n) is 11.6. The van der Waals surface area contributed by atoms with E-state index in [-0.39, 0.29) is 5.41 Å². The van der Waals surface area contributed by atoms with Gasteiger partial charge in [0.2, 0.25) is 0 Å². The van der Waals surface area contributed by atoms with Crippen molar-refractivity contribution in [1.29, 1.82) is 0 Å². The molecular weight excluding hydrogens is 196 g/mol. The minimum atomic E-state index is 0.286. The van der Waals surface area contributed by atoms with E-state index >= 15 is 0 Å². The lowest BCUT2D eigenvalue weighted by molar-refractivity contribution is 0.405. The number of rotatable bonds is 4. The van der Waals surface area contributed by atoms with Gasteiger partial charge in [0.1, 0.15) is 5.75 Å². The SMILES string of the molecule is CC.CCC(C)(CC)c1cccc(OC)c1. The number of hydrogen-bond donors (Lipinski definition) is 0. The fourth-order valence-electron chi connectivity index (χ4n) is 1.66. The van der Waals surface area contributed by atoms with Gasteiger partial charge in [-0.15, -0.1) is 0 Å². The van der Waals surface area contributed by atoms with Crippen LogP contribution in [0.1, 0.15) is 53.0 Å². The van der Waals surface area contributed by atoms with Crippen LogP contribution in [0.25, 0.3) is 0 Å². The van der Waals surface area contributed by atoms with Crippen LogP contribution in [0.3, 0.4) is 0 Å². The molecule has 1 nitrogen and oxygen atoms in total. The van der Waals surface area contributed by atoms with Crippen LogP contribution in [0.5, 0.6) is 5.75 Å². The highest BCUT2D eigenvalue weighted by Gasteiger charge is 2.22. The first-order chi connectivity index (χ1) is 7.66. The monoisotopic (exact) mass is 222 g/mol. The molecule has 0 saturated heterocycles. The second kappa shape index (κ2) is 7.32. The predicted octanol–water partition coefficient (Wildman–Crippen LogP) is 4.80. The normalized spacial score (nSPS) is 10.4. The van der Waals surface area contributed by atoms with Gasteiger partial charge in [-0.2, -0.15) is 0 Å². The average molecular weight is 222 g/mol. The Bertz CT molecular complexity index is 287. The minimum absolute atomic E-state index is 0.286. The zero-order chi connectivity index (χ0) is 12.6. The molecule has 0 saturated carbocycles. The molecule has 0 bridgehead atoms. The van der Waals surface area contributed by atoms with Crippen LogP contribution in [0, 0.1) is 0 Å². The average Bonchev–Trinajstić information content (AvgIpc) is 2.40. The van der Waals surface area contributed by atoms with E-state index in [9.17, 15) is 0 Å². The molecule has 0 amide bonds. The third-order valence-electron chi connectivity index (χ3n) is 3.33. The van der Waals surface area contributed by atoms with Gasteiger partial charge in [0, 0.05) is 0 Å². The molecule has 0 atom stereocenters. The first-order valence-electron chi connectivity index (χ1n) is 6.31. The van der Waals surface area contributed by atoms with Crippen molar-refractivity contribution in [3.8, 4) is 5.75 Å². The van der Waals surface area contributed by atoms with Crippen LogP contribution in [0.2, 0.25) is 0 Å². The molecule has 92 valence electrons. The molecule has 0 aliphatic carbocycles. The van der Waals surface area contributed by atoms with Crippen molar-refractivity contribution in [2.45, 2.75) is 52.9 Å². The molecule has 1 heteroatoms. The second-order valence-electron chi connectivity index (χ2n) is 4.00. The van der Waals surface area contributed by atoms with Gasteiger partial charge in [0.25, 0.3) is 0 Å². The van der Waals surface area contributed by atoms with Crippen LogP contribution in [-0.4, -0.2) is 7.11 Å². The van der Waals surface area contributed by atoms with Crippen molar-refractivity contribution in [2.24, 2.45) is 0 Å². The minimum Gasteiger partial charge on any atom is -0.497 e. The van der Waals surface area contributed by atoms with Crippen molar-refractivity contribution >= 4 is 0 Å². The van der Waals surface area contributed by atoms with E-state index in [1.54, 1.807) is 7.11 Å². The lowest BCUT2D eigenvalue weighted by atomic mass is 9.78. The maximum atomic E-state index is 5.24. The van der Waals surface area contributed by atoms with Crippen molar-refractivity contribution in [2.75, 3.05) is 7.11 Å². The first-order valence-corrected chi connectivity index (χ1v) is 6.31. The molecule has 1 rings (SSSR count). The summed E-state index contributed by atoms with van der Waals surface area (Å²) in [5.41, 5.74) is 1.66. The maximum Gasteiger partial charge on any atom is 0.119 e. The van der Waals surface area contributed by atoms with Crippen LogP contribution in [0.4, 0.5) is 0 Å².